The Morgan fingerprint density at radius 3 is 2.60 bits per heavy atom. The number of hydrogen-bond acceptors (Lipinski definition) is 2. The second kappa shape index (κ2) is 6.07. The van der Waals surface area contributed by atoms with Crippen LogP contribution in [0.4, 0.5) is 18.0 Å². The van der Waals surface area contributed by atoms with Gasteiger partial charge in [-0.1, -0.05) is 24.6 Å². The summed E-state index contributed by atoms with van der Waals surface area (Å²) in [6.07, 6.45) is -4.16. The van der Waals surface area contributed by atoms with Crippen LogP contribution >= 0.6 is 11.6 Å². The molecule has 3 aromatic rings. The number of benzene rings is 1. The van der Waals surface area contributed by atoms with Crippen LogP contribution in [0.25, 0.3) is 22.2 Å². The molecule has 2 heterocycles. The molecule has 3 rings (SSSR count). The first-order chi connectivity index (χ1) is 11.7. The summed E-state index contributed by atoms with van der Waals surface area (Å²) in [5, 5.41) is 9.98. The van der Waals surface area contributed by atoms with Gasteiger partial charge in [0, 0.05) is 23.2 Å². The van der Waals surface area contributed by atoms with Crippen molar-refractivity contribution in [1.82, 2.24) is 9.55 Å². The number of nitrogens with zero attached hydrogens (tertiary/aromatic N) is 2. The molecule has 4 nitrogen and oxygen atoms in total. The van der Waals surface area contributed by atoms with Crippen molar-refractivity contribution >= 4 is 28.6 Å². The van der Waals surface area contributed by atoms with Crippen LogP contribution in [0.2, 0.25) is 5.15 Å². The first-order valence-electron chi connectivity index (χ1n) is 7.33. The molecule has 1 N–H and O–H groups in total. The number of carbonyl (C=O) groups is 1. The van der Waals surface area contributed by atoms with Crippen molar-refractivity contribution < 1.29 is 23.1 Å². The summed E-state index contributed by atoms with van der Waals surface area (Å²) in [7, 11) is 0. The molecule has 0 aliphatic rings. The van der Waals surface area contributed by atoms with E-state index in [4.69, 9.17) is 11.6 Å². The minimum atomic E-state index is -4.61. The first kappa shape index (κ1) is 17.3. The van der Waals surface area contributed by atoms with Crippen LogP contribution < -0.4 is 0 Å². The summed E-state index contributed by atoms with van der Waals surface area (Å²) in [4.78, 5) is 15.6. The van der Waals surface area contributed by atoms with E-state index in [1.165, 1.54) is 30.5 Å². The largest absolute Gasteiger partial charge is 0.464 e. The monoisotopic (exact) mass is 368 g/mol. The Kier molecular flexibility index (Phi) is 4.20. The van der Waals surface area contributed by atoms with E-state index in [0.717, 1.165) is 10.6 Å². The molecular weight excluding hydrogens is 357 g/mol. The lowest BCUT2D eigenvalue weighted by atomic mass is 9.99. The number of alkyl halides is 3. The smallest absolute Gasteiger partial charge is 0.417 e. The number of rotatable bonds is 2. The Morgan fingerprint density at radius 1 is 1.28 bits per heavy atom. The summed E-state index contributed by atoms with van der Waals surface area (Å²) in [5.74, 6) is 0. The van der Waals surface area contributed by atoms with Crippen molar-refractivity contribution in [3.8, 4) is 11.3 Å². The lowest BCUT2D eigenvalue weighted by molar-refractivity contribution is -0.137. The molecular formula is C17H12ClF3N2O2. The third-order valence-electron chi connectivity index (χ3n) is 3.92. The highest BCUT2D eigenvalue weighted by Gasteiger charge is 2.35. The molecule has 25 heavy (non-hydrogen) atoms. The van der Waals surface area contributed by atoms with Crippen molar-refractivity contribution in [3.63, 3.8) is 0 Å². The van der Waals surface area contributed by atoms with Gasteiger partial charge < -0.3 is 5.11 Å². The lowest BCUT2D eigenvalue weighted by Gasteiger charge is -2.15. The summed E-state index contributed by atoms with van der Waals surface area (Å²) >= 11 is 5.80. The van der Waals surface area contributed by atoms with E-state index in [-0.39, 0.29) is 21.9 Å². The molecule has 0 radical (unpaired) electrons. The van der Waals surface area contributed by atoms with Gasteiger partial charge in [-0.05, 0) is 30.2 Å². The van der Waals surface area contributed by atoms with Gasteiger partial charge in [0.1, 0.15) is 5.15 Å². The summed E-state index contributed by atoms with van der Waals surface area (Å²) < 4.78 is 41.1. The van der Waals surface area contributed by atoms with Crippen LogP contribution in [-0.2, 0) is 12.6 Å². The lowest BCUT2D eigenvalue weighted by Crippen LogP contribution is -2.13. The SMILES string of the molecule is CCc1ccc(C(F)(F)F)c(-c2cc3cnc(Cl)cc3n2C(=O)O)c1. The number of hydrogen-bond donors (Lipinski definition) is 1. The Hall–Kier alpha value is -2.54. The molecule has 0 amide bonds. The van der Waals surface area contributed by atoms with E-state index in [1.807, 2.05) is 6.92 Å². The molecule has 2 aromatic heterocycles. The third kappa shape index (κ3) is 3.07. The summed E-state index contributed by atoms with van der Waals surface area (Å²) in [5.41, 5.74) is -0.316. The van der Waals surface area contributed by atoms with Crippen LogP contribution in [0.3, 0.4) is 0 Å². The fraction of sp³-hybridized carbons (Fsp3) is 0.176. The van der Waals surface area contributed by atoms with Crippen LogP contribution in [0, 0.1) is 0 Å². The molecule has 0 aliphatic heterocycles. The van der Waals surface area contributed by atoms with Gasteiger partial charge in [-0.3, -0.25) is 0 Å². The van der Waals surface area contributed by atoms with Crippen LogP contribution in [0.5, 0.6) is 0 Å². The van der Waals surface area contributed by atoms with Crippen molar-refractivity contribution in [3.05, 3.63) is 52.8 Å². The van der Waals surface area contributed by atoms with Crippen molar-refractivity contribution in [2.45, 2.75) is 19.5 Å². The zero-order valence-corrected chi connectivity index (χ0v) is 13.7. The minimum absolute atomic E-state index is 0.0537. The molecule has 8 heteroatoms. The van der Waals surface area contributed by atoms with Gasteiger partial charge in [-0.2, -0.15) is 13.2 Å². The molecule has 0 aliphatic carbocycles. The van der Waals surface area contributed by atoms with Gasteiger partial charge in [0.25, 0.3) is 0 Å². The number of halogens is 4. The van der Waals surface area contributed by atoms with Gasteiger partial charge in [0.15, 0.2) is 0 Å². The van der Waals surface area contributed by atoms with Crippen molar-refractivity contribution in [1.29, 1.82) is 0 Å². The number of aromatic nitrogens is 2. The highest BCUT2D eigenvalue weighted by molar-refractivity contribution is 6.30. The maximum atomic E-state index is 13.4. The first-order valence-corrected chi connectivity index (χ1v) is 7.71. The van der Waals surface area contributed by atoms with E-state index in [0.29, 0.717) is 17.4 Å². The second-order valence-electron chi connectivity index (χ2n) is 5.44. The van der Waals surface area contributed by atoms with Gasteiger partial charge >= 0.3 is 12.3 Å². The van der Waals surface area contributed by atoms with E-state index >= 15 is 0 Å². The molecule has 1 aromatic carbocycles. The summed E-state index contributed by atoms with van der Waals surface area (Å²) in [6, 6.07) is 6.41. The van der Waals surface area contributed by atoms with Crippen LogP contribution in [0.1, 0.15) is 18.1 Å². The minimum Gasteiger partial charge on any atom is -0.464 e. The van der Waals surface area contributed by atoms with E-state index in [9.17, 15) is 23.1 Å². The average molecular weight is 369 g/mol. The standard InChI is InChI=1S/C17H12ClF3N2O2/c1-2-9-3-4-12(17(19,20)21)11(5-9)14-6-10-8-22-15(18)7-13(10)23(14)16(24)25/h3-8H,2H2,1H3,(H,24,25). The van der Waals surface area contributed by atoms with Gasteiger partial charge in [-0.25, -0.2) is 14.3 Å². The molecule has 0 unspecified atom stereocenters. The average Bonchev–Trinajstić information content (AvgIpc) is 2.91. The van der Waals surface area contributed by atoms with E-state index < -0.39 is 17.8 Å². The van der Waals surface area contributed by atoms with Gasteiger partial charge in [0.2, 0.25) is 0 Å². The quantitative estimate of drug-likeness (QED) is 0.611. The molecule has 0 bridgehead atoms. The highest BCUT2D eigenvalue weighted by Crippen LogP contribution is 2.39. The summed E-state index contributed by atoms with van der Waals surface area (Å²) in [6.45, 7) is 1.81. The topological polar surface area (TPSA) is 55.1 Å². The Balaban J connectivity index is 2.40. The Morgan fingerprint density at radius 2 is 2.00 bits per heavy atom. The van der Waals surface area contributed by atoms with Crippen LogP contribution in [0.15, 0.2) is 36.5 Å². The predicted octanol–water partition coefficient (Wildman–Crippen LogP) is 5.46. The number of aryl methyl sites for hydroxylation is 1. The van der Waals surface area contributed by atoms with E-state index in [2.05, 4.69) is 4.98 Å². The zero-order valence-electron chi connectivity index (χ0n) is 12.9. The maximum absolute atomic E-state index is 13.4. The van der Waals surface area contributed by atoms with Gasteiger partial charge in [-0.15, -0.1) is 0 Å². The normalized spacial score (nSPS) is 11.9. The number of carboxylic acid groups (broad SMARTS) is 1. The Labute approximate surface area is 145 Å². The third-order valence-corrected chi connectivity index (χ3v) is 4.12. The maximum Gasteiger partial charge on any atom is 0.417 e. The Bertz CT molecular complexity index is 980. The fourth-order valence-electron chi connectivity index (χ4n) is 2.75. The van der Waals surface area contributed by atoms with Crippen molar-refractivity contribution in [2.75, 3.05) is 0 Å². The van der Waals surface area contributed by atoms with Crippen LogP contribution in [-0.4, -0.2) is 20.8 Å². The molecule has 0 spiro atoms. The number of fused-ring (bicyclic) bond motifs is 1. The zero-order chi connectivity index (χ0) is 18.4. The second-order valence-corrected chi connectivity index (χ2v) is 5.83. The number of pyridine rings is 1. The molecule has 0 fully saturated rings. The predicted molar refractivity (Wildman–Crippen MR) is 88.0 cm³/mol. The highest BCUT2D eigenvalue weighted by atomic mass is 35.5. The molecule has 0 atom stereocenters. The molecule has 0 saturated carbocycles. The van der Waals surface area contributed by atoms with E-state index in [1.54, 1.807) is 0 Å². The van der Waals surface area contributed by atoms with Gasteiger partial charge in [0.05, 0.1) is 16.8 Å². The molecule has 130 valence electrons. The van der Waals surface area contributed by atoms with Crippen molar-refractivity contribution in [2.24, 2.45) is 0 Å². The molecule has 0 saturated heterocycles. The fourth-order valence-corrected chi connectivity index (χ4v) is 2.90.